The van der Waals surface area contributed by atoms with Crippen molar-refractivity contribution in [3.05, 3.63) is 63.6 Å². The van der Waals surface area contributed by atoms with Gasteiger partial charge in [-0.15, -0.1) is 0 Å². The normalized spacial score (nSPS) is 12.4. The largest absolute Gasteiger partial charge is 0.309 e. The molecule has 0 aliphatic carbocycles. The Kier molecular flexibility index (Phi) is 4.09. The van der Waals surface area contributed by atoms with Gasteiger partial charge in [-0.2, -0.15) is 0 Å². The van der Waals surface area contributed by atoms with Crippen molar-refractivity contribution in [2.45, 2.75) is 13.0 Å². The van der Waals surface area contributed by atoms with Crippen LogP contribution in [0.25, 0.3) is 0 Å². The van der Waals surface area contributed by atoms with E-state index in [1.807, 2.05) is 26.1 Å². The highest BCUT2D eigenvalue weighted by molar-refractivity contribution is 9.10. The number of pyridine rings is 1. The van der Waals surface area contributed by atoms with E-state index in [1.165, 1.54) is 0 Å². The van der Waals surface area contributed by atoms with Crippen LogP contribution >= 0.6 is 15.9 Å². The number of hydrogen-bond acceptors (Lipinski definition) is 2. The van der Waals surface area contributed by atoms with Gasteiger partial charge in [0.1, 0.15) is 5.82 Å². The molecule has 1 aromatic heterocycles. The number of benzene rings is 1. The number of aryl methyl sites for hydroxylation is 1. The summed E-state index contributed by atoms with van der Waals surface area (Å²) >= 11 is 3.21. The summed E-state index contributed by atoms with van der Waals surface area (Å²) in [5.41, 5.74) is 2.62. The molecule has 0 aliphatic heterocycles. The number of hydrogen-bond donors (Lipinski definition) is 1. The summed E-state index contributed by atoms with van der Waals surface area (Å²) in [6.45, 7) is 1.97. The third-order valence-corrected chi connectivity index (χ3v) is 3.42. The van der Waals surface area contributed by atoms with Gasteiger partial charge in [-0.3, -0.25) is 4.98 Å². The lowest BCUT2D eigenvalue weighted by Crippen LogP contribution is -2.19. The molecule has 18 heavy (non-hydrogen) atoms. The molecular weight excluding hydrogens is 295 g/mol. The van der Waals surface area contributed by atoms with E-state index in [0.29, 0.717) is 10.0 Å². The minimum absolute atomic E-state index is 0.199. The molecule has 94 valence electrons. The van der Waals surface area contributed by atoms with Crippen LogP contribution in [0, 0.1) is 12.7 Å². The topological polar surface area (TPSA) is 24.9 Å². The molecule has 0 amide bonds. The Balaban J connectivity index is 2.49. The lowest BCUT2D eigenvalue weighted by molar-refractivity contribution is 0.570. The van der Waals surface area contributed by atoms with Gasteiger partial charge in [0.25, 0.3) is 0 Å². The molecule has 0 saturated heterocycles. The molecule has 2 rings (SSSR count). The van der Waals surface area contributed by atoms with Crippen LogP contribution in [0.4, 0.5) is 4.39 Å². The van der Waals surface area contributed by atoms with E-state index in [9.17, 15) is 4.39 Å². The first kappa shape index (κ1) is 13.2. The minimum atomic E-state index is -0.238. The van der Waals surface area contributed by atoms with Gasteiger partial charge in [0.15, 0.2) is 0 Å². The van der Waals surface area contributed by atoms with Gasteiger partial charge >= 0.3 is 0 Å². The Morgan fingerprint density at radius 2 is 2.11 bits per heavy atom. The van der Waals surface area contributed by atoms with Crippen LogP contribution in [0.1, 0.15) is 22.7 Å². The molecule has 4 heteroatoms. The fraction of sp³-hybridized carbons (Fsp3) is 0.214. The maximum absolute atomic E-state index is 14.1. The first-order valence-electron chi connectivity index (χ1n) is 5.66. The highest BCUT2D eigenvalue weighted by Gasteiger charge is 2.17. The van der Waals surface area contributed by atoms with E-state index in [1.54, 1.807) is 24.5 Å². The number of aromatic nitrogens is 1. The lowest BCUT2D eigenvalue weighted by atomic mass is 9.99. The van der Waals surface area contributed by atoms with Crippen LogP contribution in [-0.2, 0) is 0 Å². The van der Waals surface area contributed by atoms with Crippen LogP contribution in [0.3, 0.4) is 0 Å². The molecular formula is C14H14BrFN2. The molecule has 0 bridgehead atoms. The summed E-state index contributed by atoms with van der Waals surface area (Å²) < 4.78 is 14.6. The second-order valence-electron chi connectivity index (χ2n) is 4.16. The van der Waals surface area contributed by atoms with E-state index in [-0.39, 0.29) is 11.9 Å². The molecule has 0 aliphatic rings. The monoisotopic (exact) mass is 308 g/mol. The molecule has 1 N–H and O–H groups in total. The first-order chi connectivity index (χ1) is 8.63. The van der Waals surface area contributed by atoms with Crippen molar-refractivity contribution in [1.82, 2.24) is 10.3 Å². The summed E-state index contributed by atoms with van der Waals surface area (Å²) in [6.07, 6.45) is 3.54. The average molecular weight is 309 g/mol. The van der Waals surface area contributed by atoms with Gasteiger partial charge in [-0.1, -0.05) is 18.2 Å². The molecule has 1 atom stereocenters. The maximum Gasteiger partial charge on any atom is 0.142 e. The molecule has 2 nitrogen and oxygen atoms in total. The maximum atomic E-state index is 14.1. The van der Waals surface area contributed by atoms with Crippen molar-refractivity contribution >= 4 is 15.9 Å². The Labute approximate surface area is 114 Å². The summed E-state index contributed by atoms with van der Waals surface area (Å²) in [6, 6.07) is 7.11. The predicted octanol–water partition coefficient (Wildman–Crippen LogP) is 3.60. The zero-order valence-corrected chi connectivity index (χ0v) is 11.8. The van der Waals surface area contributed by atoms with Crippen molar-refractivity contribution in [3.63, 3.8) is 0 Å². The Morgan fingerprint density at radius 1 is 1.33 bits per heavy atom. The molecule has 1 heterocycles. The van der Waals surface area contributed by atoms with E-state index < -0.39 is 0 Å². The highest BCUT2D eigenvalue weighted by Crippen LogP contribution is 2.28. The second-order valence-corrected chi connectivity index (χ2v) is 5.01. The molecule has 0 saturated carbocycles. The molecule has 0 fully saturated rings. The first-order valence-corrected chi connectivity index (χ1v) is 6.45. The van der Waals surface area contributed by atoms with E-state index >= 15 is 0 Å². The third-order valence-electron chi connectivity index (χ3n) is 2.81. The minimum Gasteiger partial charge on any atom is -0.309 e. The smallest absolute Gasteiger partial charge is 0.142 e. The van der Waals surface area contributed by atoms with Crippen molar-refractivity contribution in [1.29, 1.82) is 0 Å². The van der Waals surface area contributed by atoms with Gasteiger partial charge in [0.05, 0.1) is 10.5 Å². The fourth-order valence-electron chi connectivity index (χ4n) is 1.98. The lowest BCUT2D eigenvalue weighted by Gasteiger charge is -2.18. The van der Waals surface area contributed by atoms with Crippen LogP contribution in [0.5, 0.6) is 0 Å². The molecule has 0 radical (unpaired) electrons. The quantitative estimate of drug-likeness (QED) is 0.937. The summed E-state index contributed by atoms with van der Waals surface area (Å²) in [4.78, 5) is 4.16. The van der Waals surface area contributed by atoms with Crippen LogP contribution < -0.4 is 5.32 Å². The Bertz CT molecular complexity index is 557. The van der Waals surface area contributed by atoms with Crippen molar-refractivity contribution in [2.24, 2.45) is 0 Å². The number of rotatable bonds is 3. The standard InChI is InChI=1S/C14H14BrFN2/c1-9-6-10(8-18-7-9)14(17-2)11-4-3-5-12(15)13(11)16/h3-8,14,17H,1-2H3. The summed E-state index contributed by atoms with van der Waals surface area (Å²) in [7, 11) is 1.81. The van der Waals surface area contributed by atoms with Crippen LogP contribution in [-0.4, -0.2) is 12.0 Å². The SMILES string of the molecule is CNC(c1cncc(C)c1)c1cccc(Br)c1F. The second kappa shape index (κ2) is 5.59. The zero-order valence-electron chi connectivity index (χ0n) is 10.2. The number of nitrogens with one attached hydrogen (secondary N) is 1. The van der Waals surface area contributed by atoms with Crippen LogP contribution in [0.2, 0.25) is 0 Å². The van der Waals surface area contributed by atoms with Crippen molar-refractivity contribution in [3.8, 4) is 0 Å². The highest BCUT2D eigenvalue weighted by atomic mass is 79.9. The van der Waals surface area contributed by atoms with Gasteiger partial charge in [0.2, 0.25) is 0 Å². The Hall–Kier alpha value is -1.26. The van der Waals surface area contributed by atoms with E-state index in [0.717, 1.165) is 11.1 Å². The fourth-order valence-corrected chi connectivity index (χ4v) is 2.36. The molecule has 1 unspecified atom stereocenters. The molecule has 1 aromatic carbocycles. The van der Waals surface area contributed by atoms with Crippen molar-refractivity contribution < 1.29 is 4.39 Å². The Morgan fingerprint density at radius 3 is 2.78 bits per heavy atom. The van der Waals surface area contributed by atoms with Gasteiger partial charge < -0.3 is 5.32 Å². The average Bonchev–Trinajstić information content (AvgIpc) is 2.35. The van der Waals surface area contributed by atoms with Crippen LogP contribution in [0.15, 0.2) is 41.1 Å². The van der Waals surface area contributed by atoms with Crippen molar-refractivity contribution in [2.75, 3.05) is 7.05 Å². The molecule has 0 spiro atoms. The predicted molar refractivity (Wildman–Crippen MR) is 74.0 cm³/mol. The summed E-state index contributed by atoms with van der Waals surface area (Å²) in [5, 5.41) is 3.13. The number of nitrogens with zero attached hydrogens (tertiary/aromatic N) is 1. The zero-order chi connectivity index (χ0) is 13.1. The third kappa shape index (κ3) is 2.60. The summed E-state index contributed by atoms with van der Waals surface area (Å²) in [5.74, 6) is -0.238. The molecule has 2 aromatic rings. The van der Waals surface area contributed by atoms with Gasteiger partial charge in [0, 0.05) is 18.0 Å². The van der Waals surface area contributed by atoms with E-state index in [4.69, 9.17) is 0 Å². The number of halogens is 2. The van der Waals surface area contributed by atoms with E-state index in [2.05, 4.69) is 26.2 Å². The van der Waals surface area contributed by atoms with Gasteiger partial charge in [-0.25, -0.2) is 4.39 Å². The van der Waals surface area contributed by atoms with Gasteiger partial charge in [-0.05, 0) is 47.1 Å².